The number of nitrogens with one attached hydrogen (secondary N) is 1. The van der Waals surface area contributed by atoms with Gasteiger partial charge in [0, 0.05) is 19.3 Å². The normalized spacial score (nSPS) is 10.2. The van der Waals surface area contributed by atoms with Crippen molar-refractivity contribution in [1.82, 2.24) is 15.0 Å². The van der Waals surface area contributed by atoms with E-state index in [2.05, 4.69) is 20.4 Å². The third kappa shape index (κ3) is 3.47. The molecule has 1 heterocycles. The molecule has 0 radical (unpaired) electrons. The molecule has 0 spiro atoms. The number of nitrogens with zero attached hydrogens (tertiary/aromatic N) is 3. The van der Waals surface area contributed by atoms with Crippen molar-refractivity contribution in [2.75, 3.05) is 24.7 Å². The number of aryl methyl sites for hydroxylation is 1. The fourth-order valence-electron chi connectivity index (χ4n) is 1.77. The average molecular weight is 275 g/mol. The van der Waals surface area contributed by atoms with Crippen LogP contribution < -0.4 is 11.1 Å². The van der Waals surface area contributed by atoms with Gasteiger partial charge in [-0.2, -0.15) is 0 Å². The third-order valence-electron chi connectivity index (χ3n) is 2.83. The molecular weight excluding hydrogens is 258 g/mol. The first-order valence-corrected chi connectivity index (χ1v) is 6.26. The lowest BCUT2D eigenvalue weighted by atomic mass is 10.1. The standard InChI is InChI=1S/C13H17N5O2/c1-20-13(19)10-3-4-11(14)12(9-10)15-5-2-7-18-8-6-16-17-18/h3-4,6,8-9,15H,2,5,7,14H2,1H3. The van der Waals surface area contributed by atoms with E-state index in [1.807, 2.05) is 6.20 Å². The number of methoxy groups -OCH3 is 1. The maximum absolute atomic E-state index is 11.5. The number of anilines is 2. The van der Waals surface area contributed by atoms with E-state index < -0.39 is 0 Å². The Morgan fingerprint density at radius 1 is 1.50 bits per heavy atom. The van der Waals surface area contributed by atoms with E-state index in [9.17, 15) is 4.79 Å². The van der Waals surface area contributed by atoms with Gasteiger partial charge in [-0.05, 0) is 24.6 Å². The molecule has 0 bridgehead atoms. The van der Waals surface area contributed by atoms with E-state index >= 15 is 0 Å². The van der Waals surface area contributed by atoms with Crippen molar-refractivity contribution in [2.24, 2.45) is 0 Å². The van der Waals surface area contributed by atoms with Crippen molar-refractivity contribution >= 4 is 17.3 Å². The Bertz CT molecular complexity index is 568. The van der Waals surface area contributed by atoms with Crippen molar-refractivity contribution in [3.8, 4) is 0 Å². The maximum Gasteiger partial charge on any atom is 0.337 e. The summed E-state index contributed by atoms with van der Waals surface area (Å²) in [5.41, 5.74) is 7.66. The van der Waals surface area contributed by atoms with Crippen LogP contribution in [0.5, 0.6) is 0 Å². The van der Waals surface area contributed by atoms with E-state index in [-0.39, 0.29) is 5.97 Å². The minimum absolute atomic E-state index is 0.379. The molecule has 0 atom stereocenters. The van der Waals surface area contributed by atoms with Crippen LogP contribution in [0.2, 0.25) is 0 Å². The molecule has 0 amide bonds. The van der Waals surface area contributed by atoms with Gasteiger partial charge in [0.1, 0.15) is 0 Å². The Balaban J connectivity index is 1.89. The highest BCUT2D eigenvalue weighted by Crippen LogP contribution is 2.20. The number of carbonyl (C=O) groups is 1. The van der Waals surface area contributed by atoms with Gasteiger partial charge >= 0.3 is 5.97 Å². The van der Waals surface area contributed by atoms with Crippen LogP contribution in [0.3, 0.4) is 0 Å². The second kappa shape index (κ2) is 6.55. The van der Waals surface area contributed by atoms with Crippen molar-refractivity contribution in [3.05, 3.63) is 36.2 Å². The number of esters is 1. The molecule has 7 heteroatoms. The van der Waals surface area contributed by atoms with Gasteiger partial charge < -0.3 is 15.8 Å². The number of hydrogen-bond donors (Lipinski definition) is 2. The number of nitrogens with two attached hydrogens (primary N) is 1. The highest BCUT2D eigenvalue weighted by Gasteiger charge is 2.08. The highest BCUT2D eigenvalue weighted by atomic mass is 16.5. The van der Waals surface area contributed by atoms with Crippen LogP contribution in [0.1, 0.15) is 16.8 Å². The van der Waals surface area contributed by atoms with E-state index in [0.29, 0.717) is 17.8 Å². The molecule has 0 saturated heterocycles. The highest BCUT2D eigenvalue weighted by molar-refractivity contribution is 5.91. The molecule has 20 heavy (non-hydrogen) atoms. The molecule has 0 fully saturated rings. The molecule has 2 rings (SSSR count). The molecule has 0 unspecified atom stereocenters. The molecule has 0 saturated carbocycles. The van der Waals surface area contributed by atoms with Crippen LogP contribution in [-0.2, 0) is 11.3 Å². The summed E-state index contributed by atoms with van der Waals surface area (Å²) in [5.74, 6) is -0.379. The van der Waals surface area contributed by atoms with E-state index in [1.54, 1.807) is 29.1 Å². The monoisotopic (exact) mass is 275 g/mol. The summed E-state index contributed by atoms with van der Waals surface area (Å²) in [4.78, 5) is 11.5. The van der Waals surface area contributed by atoms with Gasteiger partial charge in [-0.25, -0.2) is 4.79 Å². The fraction of sp³-hybridized carbons (Fsp3) is 0.308. The third-order valence-corrected chi connectivity index (χ3v) is 2.83. The first-order chi connectivity index (χ1) is 9.70. The Hall–Kier alpha value is -2.57. The molecule has 2 aromatic rings. The number of benzene rings is 1. The summed E-state index contributed by atoms with van der Waals surface area (Å²) in [5, 5.41) is 10.8. The lowest BCUT2D eigenvalue weighted by Gasteiger charge is -2.10. The van der Waals surface area contributed by atoms with Crippen LogP contribution >= 0.6 is 0 Å². The molecule has 0 aliphatic heterocycles. The van der Waals surface area contributed by atoms with Gasteiger partial charge in [0.25, 0.3) is 0 Å². The molecular formula is C13H17N5O2. The van der Waals surface area contributed by atoms with Crippen LogP contribution in [0.25, 0.3) is 0 Å². The Morgan fingerprint density at radius 2 is 2.35 bits per heavy atom. The molecule has 3 N–H and O–H groups in total. The minimum atomic E-state index is -0.379. The summed E-state index contributed by atoms with van der Waals surface area (Å²) in [6, 6.07) is 5.02. The van der Waals surface area contributed by atoms with Crippen LogP contribution in [0, 0.1) is 0 Å². The summed E-state index contributed by atoms with van der Waals surface area (Å²) in [6.45, 7) is 1.48. The first kappa shape index (κ1) is 13.9. The summed E-state index contributed by atoms with van der Waals surface area (Å²) in [6.07, 6.45) is 4.32. The summed E-state index contributed by atoms with van der Waals surface area (Å²) >= 11 is 0. The van der Waals surface area contributed by atoms with Crippen molar-refractivity contribution < 1.29 is 9.53 Å². The topological polar surface area (TPSA) is 95.1 Å². The van der Waals surface area contributed by atoms with Gasteiger partial charge in [0.15, 0.2) is 0 Å². The smallest absolute Gasteiger partial charge is 0.337 e. The van der Waals surface area contributed by atoms with Gasteiger partial charge in [-0.15, -0.1) is 5.10 Å². The zero-order valence-electron chi connectivity index (χ0n) is 11.2. The Kier molecular flexibility index (Phi) is 4.54. The van der Waals surface area contributed by atoms with Crippen molar-refractivity contribution in [2.45, 2.75) is 13.0 Å². The minimum Gasteiger partial charge on any atom is -0.465 e. The lowest BCUT2D eigenvalue weighted by molar-refractivity contribution is 0.0601. The summed E-state index contributed by atoms with van der Waals surface area (Å²) in [7, 11) is 1.35. The predicted molar refractivity (Wildman–Crippen MR) is 75.3 cm³/mol. The first-order valence-electron chi connectivity index (χ1n) is 6.26. The second-order valence-corrected chi connectivity index (χ2v) is 4.24. The average Bonchev–Trinajstić information content (AvgIpc) is 2.97. The van der Waals surface area contributed by atoms with Gasteiger partial charge in [0.05, 0.1) is 30.2 Å². The molecule has 1 aromatic heterocycles. The van der Waals surface area contributed by atoms with Crippen molar-refractivity contribution in [1.29, 1.82) is 0 Å². The molecule has 0 aliphatic rings. The lowest BCUT2D eigenvalue weighted by Crippen LogP contribution is -2.10. The number of rotatable bonds is 6. The Labute approximate surface area is 116 Å². The van der Waals surface area contributed by atoms with Gasteiger partial charge in [-0.3, -0.25) is 4.68 Å². The largest absolute Gasteiger partial charge is 0.465 e. The fourth-order valence-corrected chi connectivity index (χ4v) is 1.77. The Morgan fingerprint density at radius 3 is 3.05 bits per heavy atom. The quantitative estimate of drug-likeness (QED) is 0.466. The predicted octanol–water partition coefficient (Wildman–Crippen LogP) is 1.15. The van der Waals surface area contributed by atoms with Gasteiger partial charge in [0.2, 0.25) is 0 Å². The van der Waals surface area contributed by atoms with Crippen molar-refractivity contribution in [3.63, 3.8) is 0 Å². The van der Waals surface area contributed by atoms with E-state index in [1.165, 1.54) is 7.11 Å². The number of aromatic nitrogens is 3. The van der Waals surface area contributed by atoms with E-state index in [0.717, 1.165) is 18.7 Å². The molecule has 1 aromatic carbocycles. The van der Waals surface area contributed by atoms with E-state index in [4.69, 9.17) is 5.73 Å². The SMILES string of the molecule is COC(=O)c1ccc(N)c(NCCCn2ccnn2)c1. The zero-order valence-corrected chi connectivity index (χ0v) is 11.2. The molecule has 0 aliphatic carbocycles. The number of nitrogen functional groups attached to an aromatic ring is 1. The van der Waals surface area contributed by atoms with Gasteiger partial charge in [-0.1, -0.05) is 5.21 Å². The maximum atomic E-state index is 11.5. The van der Waals surface area contributed by atoms with Crippen LogP contribution in [0.15, 0.2) is 30.6 Å². The number of hydrogen-bond acceptors (Lipinski definition) is 6. The number of ether oxygens (including phenoxy) is 1. The molecule has 7 nitrogen and oxygen atoms in total. The zero-order chi connectivity index (χ0) is 14.4. The molecule has 106 valence electrons. The number of carbonyl (C=O) groups excluding carboxylic acids is 1. The summed E-state index contributed by atoms with van der Waals surface area (Å²) < 4.78 is 6.44. The van der Waals surface area contributed by atoms with Crippen LogP contribution in [-0.4, -0.2) is 34.6 Å². The van der Waals surface area contributed by atoms with Crippen LogP contribution in [0.4, 0.5) is 11.4 Å². The second-order valence-electron chi connectivity index (χ2n) is 4.24.